The first-order valence-electron chi connectivity index (χ1n) is 6.22. The van der Waals surface area contributed by atoms with Crippen LogP contribution in [-0.2, 0) is 0 Å². The largest absolute Gasteiger partial charge is 0.329 e. The Morgan fingerprint density at radius 2 is 2.07 bits per heavy atom. The maximum Gasteiger partial charge on any atom is 0.0329 e. The molecule has 2 heteroatoms. The van der Waals surface area contributed by atoms with E-state index in [1.54, 1.807) is 0 Å². The zero-order chi connectivity index (χ0) is 10.0. The van der Waals surface area contributed by atoms with Crippen molar-refractivity contribution >= 4 is 0 Å². The van der Waals surface area contributed by atoms with Crippen molar-refractivity contribution < 1.29 is 0 Å². The fraction of sp³-hybridized carbons (Fsp3) is 1.00. The van der Waals surface area contributed by atoms with Gasteiger partial charge in [0.2, 0.25) is 0 Å². The van der Waals surface area contributed by atoms with Gasteiger partial charge in [0.1, 0.15) is 0 Å². The first kappa shape index (κ1) is 10.4. The average molecular weight is 196 g/mol. The number of hydrogen-bond donors (Lipinski definition) is 2. The van der Waals surface area contributed by atoms with E-state index in [2.05, 4.69) is 12.2 Å². The molecule has 2 unspecified atom stereocenters. The van der Waals surface area contributed by atoms with E-state index in [1.165, 1.54) is 45.1 Å². The summed E-state index contributed by atoms with van der Waals surface area (Å²) >= 11 is 0. The summed E-state index contributed by atoms with van der Waals surface area (Å²) in [6, 6.07) is 0. The van der Waals surface area contributed by atoms with Gasteiger partial charge in [-0.2, -0.15) is 0 Å². The van der Waals surface area contributed by atoms with Crippen molar-refractivity contribution in [2.24, 2.45) is 17.6 Å². The highest BCUT2D eigenvalue weighted by Gasteiger charge is 2.37. The highest BCUT2D eigenvalue weighted by atomic mass is 15.0. The van der Waals surface area contributed by atoms with E-state index in [1.807, 2.05) is 0 Å². The van der Waals surface area contributed by atoms with Gasteiger partial charge in [0.05, 0.1) is 0 Å². The molecule has 14 heavy (non-hydrogen) atoms. The molecule has 0 aromatic rings. The fourth-order valence-electron chi connectivity index (χ4n) is 2.72. The zero-order valence-corrected chi connectivity index (χ0v) is 9.39. The standard InChI is InChI=1S/C12H24N2/c1-10-4-2-3-7-12(10,9-13)14-8-11-5-6-11/h10-11,14H,2-9,13H2,1H3. The van der Waals surface area contributed by atoms with E-state index in [4.69, 9.17) is 5.73 Å². The summed E-state index contributed by atoms with van der Waals surface area (Å²) in [5.74, 6) is 1.73. The van der Waals surface area contributed by atoms with Crippen LogP contribution in [0.1, 0.15) is 45.4 Å². The molecule has 2 fully saturated rings. The fourth-order valence-corrected chi connectivity index (χ4v) is 2.72. The molecule has 2 nitrogen and oxygen atoms in total. The van der Waals surface area contributed by atoms with Crippen LogP contribution in [0.3, 0.4) is 0 Å². The van der Waals surface area contributed by atoms with Crippen LogP contribution < -0.4 is 11.1 Å². The molecule has 2 aliphatic carbocycles. The van der Waals surface area contributed by atoms with Gasteiger partial charge < -0.3 is 11.1 Å². The molecule has 2 saturated carbocycles. The summed E-state index contributed by atoms with van der Waals surface area (Å²) in [7, 11) is 0. The molecule has 2 aliphatic rings. The molecule has 0 aromatic heterocycles. The predicted octanol–water partition coefficient (Wildman–Crippen LogP) is 1.89. The SMILES string of the molecule is CC1CCCCC1(CN)NCC1CC1. The second kappa shape index (κ2) is 4.19. The molecule has 0 aromatic carbocycles. The lowest BCUT2D eigenvalue weighted by Crippen LogP contribution is -2.57. The average Bonchev–Trinajstić information content (AvgIpc) is 3.01. The molecular formula is C12H24N2. The third-order valence-electron chi connectivity index (χ3n) is 4.26. The molecule has 3 N–H and O–H groups in total. The summed E-state index contributed by atoms with van der Waals surface area (Å²) in [6.45, 7) is 4.40. The highest BCUT2D eigenvalue weighted by molar-refractivity contribution is 4.97. The van der Waals surface area contributed by atoms with Gasteiger partial charge in [0.25, 0.3) is 0 Å². The molecule has 2 rings (SSSR count). The molecule has 82 valence electrons. The van der Waals surface area contributed by atoms with Gasteiger partial charge >= 0.3 is 0 Å². The number of rotatable bonds is 4. The Labute approximate surface area is 87.6 Å². The Morgan fingerprint density at radius 1 is 1.29 bits per heavy atom. The lowest BCUT2D eigenvalue weighted by Gasteiger charge is -2.43. The third-order valence-corrected chi connectivity index (χ3v) is 4.26. The summed E-state index contributed by atoms with van der Waals surface area (Å²) in [5.41, 5.74) is 6.25. The van der Waals surface area contributed by atoms with Crippen LogP contribution in [0, 0.1) is 11.8 Å². The Balaban J connectivity index is 1.90. The number of hydrogen-bond acceptors (Lipinski definition) is 2. The van der Waals surface area contributed by atoms with Crippen molar-refractivity contribution in [1.29, 1.82) is 0 Å². The Morgan fingerprint density at radius 3 is 2.64 bits per heavy atom. The molecular weight excluding hydrogens is 172 g/mol. The van der Waals surface area contributed by atoms with Gasteiger partial charge in [0.15, 0.2) is 0 Å². The van der Waals surface area contributed by atoms with Crippen molar-refractivity contribution in [2.45, 2.75) is 51.0 Å². The molecule has 0 aliphatic heterocycles. The van der Waals surface area contributed by atoms with Gasteiger partial charge in [-0.25, -0.2) is 0 Å². The Bertz CT molecular complexity index is 189. The zero-order valence-electron chi connectivity index (χ0n) is 9.39. The quantitative estimate of drug-likeness (QED) is 0.720. The van der Waals surface area contributed by atoms with Gasteiger partial charge in [-0.15, -0.1) is 0 Å². The third kappa shape index (κ3) is 2.12. The minimum atomic E-state index is 0.279. The topological polar surface area (TPSA) is 38.0 Å². The van der Waals surface area contributed by atoms with Gasteiger partial charge in [-0.1, -0.05) is 19.8 Å². The number of nitrogens with one attached hydrogen (secondary N) is 1. The first-order chi connectivity index (χ1) is 6.77. The van der Waals surface area contributed by atoms with E-state index in [0.717, 1.165) is 18.4 Å². The van der Waals surface area contributed by atoms with Crippen LogP contribution >= 0.6 is 0 Å². The molecule has 2 atom stereocenters. The summed E-state index contributed by atoms with van der Waals surface area (Å²) in [5, 5.41) is 3.77. The van der Waals surface area contributed by atoms with E-state index < -0.39 is 0 Å². The van der Waals surface area contributed by atoms with Crippen LogP contribution in [-0.4, -0.2) is 18.6 Å². The second-order valence-electron chi connectivity index (χ2n) is 5.33. The van der Waals surface area contributed by atoms with E-state index >= 15 is 0 Å². The van der Waals surface area contributed by atoms with Crippen LogP contribution in [0.2, 0.25) is 0 Å². The Hall–Kier alpha value is -0.0800. The van der Waals surface area contributed by atoms with Gasteiger partial charge in [0, 0.05) is 12.1 Å². The maximum absolute atomic E-state index is 5.97. The van der Waals surface area contributed by atoms with Crippen LogP contribution in [0.15, 0.2) is 0 Å². The molecule has 0 amide bonds. The van der Waals surface area contributed by atoms with Crippen LogP contribution in [0.4, 0.5) is 0 Å². The number of nitrogens with two attached hydrogens (primary N) is 1. The van der Waals surface area contributed by atoms with E-state index in [0.29, 0.717) is 0 Å². The monoisotopic (exact) mass is 196 g/mol. The molecule has 0 saturated heterocycles. The minimum Gasteiger partial charge on any atom is -0.329 e. The Kier molecular flexibility index (Phi) is 3.13. The van der Waals surface area contributed by atoms with Crippen molar-refractivity contribution in [1.82, 2.24) is 5.32 Å². The second-order valence-corrected chi connectivity index (χ2v) is 5.33. The molecule has 0 bridgehead atoms. The highest BCUT2D eigenvalue weighted by Crippen LogP contribution is 2.35. The van der Waals surface area contributed by atoms with Crippen molar-refractivity contribution in [2.75, 3.05) is 13.1 Å². The van der Waals surface area contributed by atoms with Crippen molar-refractivity contribution in [3.63, 3.8) is 0 Å². The van der Waals surface area contributed by atoms with E-state index in [-0.39, 0.29) is 5.54 Å². The normalized spacial score (nSPS) is 38.6. The molecule has 0 spiro atoms. The molecule has 0 radical (unpaired) electrons. The van der Waals surface area contributed by atoms with E-state index in [9.17, 15) is 0 Å². The lowest BCUT2D eigenvalue weighted by atomic mass is 9.73. The summed E-state index contributed by atoms with van der Waals surface area (Å²) < 4.78 is 0. The maximum atomic E-state index is 5.97. The minimum absolute atomic E-state index is 0.279. The predicted molar refractivity (Wildman–Crippen MR) is 60.1 cm³/mol. The van der Waals surface area contributed by atoms with Crippen LogP contribution in [0.25, 0.3) is 0 Å². The van der Waals surface area contributed by atoms with Crippen LogP contribution in [0.5, 0.6) is 0 Å². The first-order valence-corrected chi connectivity index (χ1v) is 6.22. The summed E-state index contributed by atoms with van der Waals surface area (Å²) in [6.07, 6.45) is 8.27. The lowest BCUT2D eigenvalue weighted by molar-refractivity contribution is 0.160. The van der Waals surface area contributed by atoms with Gasteiger partial charge in [-0.05, 0) is 44.1 Å². The van der Waals surface area contributed by atoms with Gasteiger partial charge in [-0.3, -0.25) is 0 Å². The molecule has 0 heterocycles. The smallest absolute Gasteiger partial charge is 0.0329 e. The summed E-state index contributed by atoms with van der Waals surface area (Å²) in [4.78, 5) is 0. The van der Waals surface area contributed by atoms with Crippen molar-refractivity contribution in [3.8, 4) is 0 Å². The van der Waals surface area contributed by atoms with Crippen molar-refractivity contribution in [3.05, 3.63) is 0 Å².